The molecule has 1 fully saturated rings. The lowest BCUT2D eigenvalue weighted by Crippen LogP contribution is -2.71. The van der Waals surface area contributed by atoms with E-state index < -0.39 is 41.8 Å². The van der Waals surface area contributed by atoms with Crippen LogP contribution >= 0.6 is 46.2 Å². The van der Waals surface area contributed by atoms with E-state index in [2.05, 4.69) is 30.5 Å². The highest BCUT2D eigenvalue weighted by Gasteiger charge is 2.54. The molecule has 2 aromatic rings. The van der Waals surface area contributed by atoms with Crippen molar-refractivity contribution < 1.29 is 34.2 Å². The molecule has 4 rings (SSSR count). The Morgan fingerprint density at radius 2 is 2.14 bits per heavy atom. The van der Waals surface area contributed by atoms with E-state index in [4.69, 9.17) is 10.8 Å². The molecule has 0 aromatic carbocycles. The van der Waals surface area contributed by atoms with Gasteiger partial charge in [-0.2, -0.15) is 0 Å². The lowest BCUT2D eigenvalue weighted by atomic mass is 10.0. The normalized spacial score (nSPS) is 19.7. The van der Waals surface area contributed by atoms with Gasteiger partial charge in [0.05, 0.1) is 0 Å². The molecule has 1 saturated heterocycles. The Kier molecular flexibility index (Phi) is 7.53. The number of fused-ring (bicyclic) bond motifs is 1. The summed E-state index contributed by atoms with van der Waals surface area (Å²) in [5, 5.41) is 33.2. The fourth-order valence-electron chi connectivity index (χ4n) is 3.13. The number of rotatable bonds is 10. The molecule has 1 unspecified atom stereocenters. The summed E-state index contributed by atoms with van der Waals surface area (Å²) in [7, 11) is 0. The fourth-order valence-corrected chi connectivity index (χ4v) is 6.65. The van der Waals surface area contributed by atoms with Crippen molar-refractivity contribution in [3.8, 4) is 0 Å². The summed E-state index contributed by atoms with van der Waals surface area (Å²) in [5.74, 6) is -3.35. The lowest BCUT2D eigenvalue weighted by molar-refractivity contribution is -0.150. The Morgan fingerprint density at radius 1 is 1.34 bits per heavy atom. The Morgan fingerprint density at radius 3 is 2.77 bits per heavy atom. The molecule has 4 heterocycles. The average Bonchev–Trinajstić information content (AvgIpc) is 3.49. The topological polar surface area (TPSA) is 210 Å². The van der Waals surface area contributed by atoms with E-state index in [1.165, 1.54) is 40.2 Å². The molecule has 2 atom stereocenters. The molecule has 35 heavy (non-hydrogen) atoms. The zero-order valence-corrected chi connectivity index (χ0v) is 20.6. The van der Waals surface area contributed by atoms with Gasteiger partial charge in [-0.3, -0.25) is 14.5 Å². The maximum Gasteiger partial charge on any atom is 0.352 e. The molecule has 14 nitrogen and oxygen atoms in total. The molecule has 5 N–H and O–H groups in total. The van der Waals surface area contributed by atoms with Gasteiger partial charge in [0.1, 0.15) is 28.3 Å². The Labute approximate surface area is 212 Å². The Bertz CT molecular complexity index is 1230. The van der Waals surface area contributed by atoms with Gasteiger partial charge >= 0.3 is 11.9 Å². The summed E-state index contributed by atoms with van der Waals surface area (Å²) in [5.41, 5.74) is 7.28. The summed E-state index contributed by atoms with van der Waals surface area (Å²) in [6.07, 6.45) is 0. The van der Waals surface area contributed by atoms with Crippen molar-refractivity contribution >= 4 is 80.8 Å². The van der Waals surface area contributed by atoms with E-state index in [1.807, 2.05) is 0 Å². The second kappa shape index (κ2) is 10.6. The van der Waals surface area contributed by atoms with Crippen molar-refractivity contribution in [1.82, 2.24) is 25.4 Å². The Hall–Kier alpha value is -3.22. The lowest BCUT2D eigenvalue weighted by Gasteiger charge is -2.49. The predicted octanol–water partition coefficient (Wildman–Crippen LogP) is -0.0870. The van der Waals surface area contributed by atoms with E-state index in [9.17, 15) is 24.3 Å². The number of hydrogen-bond donors (Lipinski definition) is 4. The van der Waals surface area contributed by atoms with Crippen molar-refractivity contribution in [2.75, 3.05) is 23.8 Å². The molecule has 0 aliphatic carbocycles. The van der Waals surface area contributed by atoms with E-state index in [0.717, 1.165) is 16.2 Å². The number of nitrogens with one attached hydrogen (secondary N) is 1. The van der Waals surface area contributed by atoms with Crippen LogP contribution in [0.3, 0.4) is 0 Å². The standard InChI is InChI=1S/C17H15N7O7S4/c18-16-20-7(4-33-16)9(23-31-1-8(25)26)12(27)21-10-13(28)24-11(15(29)30)6(2-32-14(10)24)3-34-17-22-19-5-35-17/h4-5,10,14H,1-3H2,(H2,18,20)(H,21,27)(H,25,26)(H,29,30)/t10?,14-/m1/s1. The van der Waals surface area contributed by atoms with Gasteiger partial charge in [0.2, 0.25) is 6.61 Å². The highest BCUT2D eigenvalue weighted by atomic mass is 32.2. The van der Waals surface area contributed by atoms with Crippen LogP contribution in [0.2, 0.25) is 0 Å². The van der Waals surface area contributed by atoms with Crippen LogP contribution in [0.25, 0.3) is 0 Å². The van der Waals surface area contributed by atoms with Crippen molar-refractivity contribution in [2.45, 2.75) is 15.8 Å². The first kappa shape index (κ1) is 24.9. The van der Waals surface area contributed by atoms with Crippen molar-refractivity contribution in [3.63, 3.8) is 0 Å². The molecule has 2 aliphatic heterocycles. The summed E-state index contributed by atoms with van der Waals surface area (Å²) in [6.45, 7) is -0.796. The van der Waals surface area contributed by atoms with Gasteiger partial charge in [-0.05, 0) is 5.57 Å². The van der Waals surface area contributed by atoms with Gasteiger partial charge in [-0.25, -0.2) is 14.6 Å². The highest BCUT2D eigenvalue weighted by Crippen LogP contribution is 2.41. The number of nitrogens with two attached hydrogens (primary N) is 1. The van der Waals surface area contributed by atoms with E-state index in [-0.39, 0.29) is 22.2 Å². The zero-order chi connectivity index (χ0) is 25.1. The maximum atomic E-state index is 12.9. The monoisotopic (exact) mass is 557 g/mol. The second-order valence-corrected chi connectivity index (χ2v) is 10.8. The molecule has 184 valence electrons. The molecule has 0 saturated carbocycles. The number of carboxylic acid groups (broad SMARTS) is 2. The second-order valence-electron chi connectivity index (χ2n) is 6.79. The average molecular weight is 558 g/mol. The van der Waals surface area contributed by atoms with Gasteiger partial charge in [-0.15, -0.1) is 33.3 Å². The maximum absolute atomic E-state index is 12.9. The predicted molar refractivity (Wildman–Crippen MR) is 127 cm³/mol. The summed E-state index contributed by atoms with van der Waals surface area (Å²) >= 11 is 4.98. The van der Waals surface area contributed by atoms with E-state index in [0.29, 0.717) is 21.4 Å². The van der Waals surface area contributed by atoms with Gasteiger partial charge in [0.25, 0.3) is 11.8 Å². The first-order chi connectivity index (χ1) is 16.8. The number of β-lactam (4-membered cyclic amide) rings is 1. The molecule has 2 aliphatic rings. The number of aliphatic carboxylic acids is 2. The molecule has 0 radical (unpaired) electrons. The molecule has 2 amide bonds. The summed E-state index contributed by atoms with van der Waals surface area (Å²) in [4.78, 5) is 58.2. The third-order valence-electron chi connectivity index (χ3n) is 4.57. The number of amides is 2. The minimum atomic E-state index is -1.30. The van der Waals surface area contributed by atoms with Crippen LogP contribution < -0.4 is 11.1 Å². The zero-order valence-electron chi connectivity index (χ0n) is 17.3. The quantitative estimate of drug-likeness (QED) is 0.130. The van der Waals surface area contributed by atoms with Crippen LogP contribution in [0.5, 0.6) is 0 Å². The smallest absolute Gasteiger partial charge is 0.352 e. The number of aromatic nitrogens is 3. The minimum absolute atomic E-state index is 0.0393. The molecule has 2 aromatic heterocycles. The number of anilines is 1. The molecule has 0 spiro atoms. The van der Waals surface area contributed by atoms with E-state index in [1.54, 1.807) is 5.51 Å². The first-order valence-corrected chi connectivity index (χ1v) is 13.3. The SMILES string of the molecule is Nc1nc(C(=NOCC(=O)O)C(=O)NC2C(=O)N3C(C(=O)O)=C(CSc4nncs4)CS[C@H]23)cs1. The summed E-state index contributed by atoms with van der Waals surface area (Å²) < 4.78 is 0.675. The van der Waals surface area contributed by atoms with Crippen molar-refractivity contribution in [3.05, 3.63) is 27.9 Å². The number of oxime groups is 1. The van der Waals surface area contributed by atoms with Gasteiger partial charge < -0.3 is 26.1 Å². The number of nitrogens with zero attached hydrogens (tertiary/aromatic N) is 5. The van der Waals surface area contributed by atoms with Crippen LogP contribution in [0, 0.1) is 0 Å². The Balaban J connectivity index is 1.49. The number of carboxylic acids is 2. The summed E-state index contributed by atoms with van der Waals surface area (Å²) in [6, 6.07) is -1.03. The third kappa shape index (κ3) is 5.39. The fraction of sp³-hybridized carbons (Fsp3) is 0.294. The van der Waals surface area contributed by atoms with Gasteiger partial charge in [-0.1, -0.05) is 28.3 Å². The van der Waals surface area contributed by atoms with E-state index >= 15 is 0 Å². The highest BCUT2D eigenvalue weighted by molar-refractivity contribution is 8.01. The van der Waals surface area contributed by atoms with Crippen LogP contribution in [-0.4, -0.2) is 89.3 Å². The number of thiazole rings is 1. The van der Waals surface area contributed by atoms with Crippen LogP contribution in [-0.2, 0) is 24.0 Å². The number of carbonyl (C=O) groups is 4. The molecule has 0 bridgehead atoms. The molecular formula is C17H15N7O7S4. The minimum Gasteiger partial charge on any atom is -0.479 e. The third-order valence-corrected chi connectivity index (χ3v) is 8.53. The van der Waals surface area contributed by atoms with Crippen molar-refractivity contribution in [2.24, 2.45) is 5.16 Å². The van der Waals surface area contributed by atoms with Gasteiger partial charge in [0.15, 0.2) is 15.2 Å². The number of thioether (sulfide) groups is 2. The number of carbonyl (C=O) groups excluding carboxylic acids is 2. The van der Waals surface area contributed by atoms with Crippen LogP contribution in [0.15, 0.2) is 31.7 Å². The van der Waals surface area contributed by atoms with Crippen LogP contribution in [0.1, 0.15) is 5.69 Å². The van der Waals surface area contributed by atoms with Crippen molar-refractivity contribution in [1.29, 1.82) is 0 Å². The van der Waals surface area contributed by atoms with Gasteiger partial charge in [0, 0.05) is 16.9 Å². The molecule has 18 heteroatoms. The number of hydrogen-bond acceptors (Lipinski definition) is 14. The van der Waals surface area contributed by atoms with Crippen LogP contribution in [0.4, 0.5) is 5.13 Å². The largest absolute Gasteiger partial charge is 0.479 e. The molecular weight excluding hydrogens is 542 g/mol. The first-order valence-electron chi connectivity index (χ1n) is 9.49. The number of nitrogen functional groups attached to an aromatic ring is 1.